The molecular formula is C17H19ClN4O2. The fourth-order valence-corrected chi connectivity index (χ4v) is 2.80. The Morgan fingerprint density at radius 3 is 2.46 bits per heavy atom. The van der Waals surface area contributed by atoms with Gasteiger partial charge in [0.15, 0.2) is 0 Å². The number of halogens is 1. The van der Waals surface area contributed by atoms with E-state index in [4.69, 9.17) is 11.6 Å². The van der Waals surface area contributed by atoms with Crippen LogP contribution in [0.2, 0.25) is 5.02 Å². The fourth-order valence-electron chi connectivity index (χ4n) is 2.62. The van der Waals surface area contributed by atoms with Crippen LogP contribution >= 0.6 is 11.6 Å². The number of anilines is 1. The van der Waals surface area contributed by atoms with Gasteiger partial charge in [0.25, 0.3) is 5.91 Å². The minimum Gasteiger partial charge on any atom is -0.357 e. The largest absolute Gasteiger partial charge is 0.357 e. The number of H-pyrrole nitrogens is 1. The van der Waals surface area contributed by atoms with Crippen molar-refractivity contribution in [1.82, 2.24) is 14.8 Å². The van der Waals surface area contributed by atoms with E-state index in [1.807, 2.05) is 19.1 Å². The molecule has 6 nitrogen and oxygen atoms in total. The molecule has 2 aromatic rings. The van der Waals surface area contributed by atoms with Crippen LogP contribution in [0.1, 0.15) is 16.1 Å². The smallest absolute Gasteiger partial charge is 0.321 e. The van der Waals surface area contributed by atoms with Crippen LogP contribution in [0.15, 0.2) is 36.5 Å². The maximum Gasteiger partial charge on any atom is 0.321 e. The standard InChI is InChI=1S/C17H19ClN4O2/c1-12-4-5-13(11-14(12)18)20-17(24)22-9-7-21(8-10-22)16(23)15-3-2-6-19-15/h2-6,11,19H,7-10H2,1H3,(H,20,24). The van der Waals surface area contributed by atoms with Gasteiger partial charge in [0.1, 0.15) is 5.69 Å². The van der Waals surface area contributed by atoms with Crippen molar-refractivity contribution in [3.63, 3.8) is 0 Å². The maximum absolute atomic E-state index is 12.3. The predicted octanol–water partition coefficient (Wildman–Crippen LogP) is 2.97. The van der Waals surface area contributed by atoms with Gasteiger partial charge in [-0.2, -0.15) is 0 Å². The highest BCUT2D eigenvalue weighted by molar-refractivity contribution is 6.31. The van der Waals surface area contributed by atoms with Gasteiger partial charge in [-0.25, -0.2) is 4.79 Å². The van der Waals surface area contributed by atoms with Crippen LogP contribution in [0.5, 0.6) is 0 Å². The van der Waals surface area contributed by atoms with Crippen LogP contribution in [-0.2, 0) is 0 Å². The number of rotatable bonds is 2. The second-order valence-corrected chi connectivity index (χ2v) is 6.16. The Kier molecular flexibility index (Phi) is 4.76. The molecule has 3 amide bonds. The summed E-state index contributed by atoms with van der Waals surface area (Å²) in [5.41, 5.74) is 2.20. The van der Waals surface area contributed by atoms with E-state index in [1.54, 1.807) is 34.2 Å². The first kappa shape index (κ1) is 16.4. The summed E-state index contributed by atoms with van der Waals surface area (Å²) < 4.78 is 0. The molecule has 126 valence electrons. The van der Waals surface area contributed by atoms with E-state index in [0.717, 1.165) is 5.56 Å². The molecule has 1 aromatic carbocycles. The molecule has 0 spiro atoms. The van der Waals surface area contributed by atoms with E-state index in [0.29, 0.717) is 42.6 Å². The van der Waals surface area contributed by atoms with Crippen LogP contribution in [0.25, 0.3) is 0 Å². The van der Waals surface area contributed by atoms with E-state index < -0.39 is 0 Å². The lowest BCUT2D eigenvalue weighted by Crippen LogP contribution is -2.51. The molecular weight excluding hydrogens is 328 g/mol. The number of benzene rings is 1. The summed E-state index contributed by atoms with van der Waals surface area (Å²) in [7, 11) is 0. The van der Waals surface area contributed by atoms with Crippen LogP contribution in [0.4, 0.5) is 10.5 Å². The third-order valence-electron chi connectivity index (χ3n) is 4.11. The van der Waals surface area contributed by atoms with Gasteiger partial charge in [-0.3, -0.25) is 4.79 Å². The van der Waals surface area contributed by atoms with Crippen molar-refractivity contribution in [2.75, 3.05) is 31.5 Å². The Balaban J connectivity index is 1.55. The number of hydrogen-bond donors (Lipinski definition) is 2. The first-order valence-corrected chi connectivity index (χ1v) is 8.17. The zero-order valence-corrected chi connectivity index (χ0v) is 14.1. The number of aromatic nitrogens is 1. The van der Waals surface area contributed by atoms with Gasteiger partial charge in [0, 0.05) is 43.1 Å². The number of hydrogen-bond acceptors (Lipinski definition) is 2. The maximum atomic E-state index is 12.3. The van der Waals surface area contributed by atoms with E-state index in [9.17, 15) is 9.59 Å². The Labute approximate surface area is 145 Å². The molecule has 2 heterocycles. The predicted molar refractivity (Wildman–Crippen MR) is 93.5 cm³/mol. The third-order valence-corrected chi connectivity index (χ3v) is 4.51. The number of carbonyl (C=O) groups excluding carboxylic acids is 2. The molecule has 1 aliphatic rings. The van der Waals surface area contributed by atoms with Crippen molar-refractivity contribution >= 4 is 29.2 Å². The average Bonchev–Trinajstić information content (AvgIpc) is 3.12. The molecule has 0 atom stereocenters. The molecule has 7 heteroatoms. The first-order valence-electron chi connectivity index (χ1n) is 7.79. The summed E-state index contributed by atoms with van der Waals surface area (Å²) in [5.74, 6) is -0.0367. The van der Waals surface area contributed by atoms with Crippen molar-refractivity contribution in [2.45, 2.75) is 6.92 Å². The van der Waals surface area contributed by atoms with Crippen molar-refractivity contribution < 1.29 is 9.59 Å². The normalized spacial score (nSPS) is 14.6. The minimum atomic E-state index is -0.179. The summed E-state index contributed by atoms with van der Waals surface area (Å²) in [6.45, 7) is 3.93. The Hall–Kier alpha value is -2.47. The van der Waals surface area contributed by atoms with E-state index in [1.165, 1.54) is 0 Å². The number of aromatic amines is 1. The van der Waals surface area contributed by atoms with Crippen LogP contribution < -0.4 is 5.32 Å². The monoisotopic (exact) mass is 346 g/mol. The summed E-state index contributed by atoms with van der Waals surface area (Å²) >= 11 is 6.07. The lowest BCUT2D eigenvalue weighted by molar-refractivity contribution is 0.0666. The molecule has 0 radical (unpaired) electrons. The van der Waals surface area contributed by atoms with Gasteiger partial charge in [0.2, 0.25) is 0 Å². The Bertz CT molecular complexity index is 737. The molecule has 1 aliphatic heterocycles. The molecule has 0 saturated carbocycles. The Morgan fingerprint density at radius 1 is 1.12 bits per heavy atom. The van der Waals surface area contributed by atoms with Crippen molar-refractivity contribution in [1.29, 1.82) is 0 Å². The second-order valence-electron chi connectivity index (χ2n) is 5.76. The number of carbonyl (C=O) groups is 2. The molecule has 1 aromatic heterocycles. The van der Waals surface area contributed by atoms with Gasteiger partial charge in [-0.1, -0.05) is 17.7 Å². The Morgan fingerprint density at radius 2 is 1.83 bits per heavy atom. The lowest BCUT2D eigenvalue weighted by atomic mass is 10.2. The van der Waals surface area contributed by atoms with Gasteiger partial charge in [-0.05, 0) is 36.8 Å². The highest BCUT2D eigenvalue weighted by Gasteiger charge is 2.25. The third kappa shape index (κ3) is 3.54. The molecule has 24 heavy (non-hydrogen) atoms. The number of piperazine rings is 1. The minimum absolute atomic E-state index is 0.0367. The second kappa shape index (κ2) is 6.97. The van der Waals surface area contributed by atoms with Crippen LogP contribution in [0, 0.1) is 6.92 Å². The van der Waals surface area contributed by atoms with Gasteiger partial charge >= 0.3 is 6.03 Å². The molecule has 0 aliphatic carbocycles. The summed E-state index contributed by atoms with van der Waals surface area (Å²) in [6, 6.07) is 8.79. The van der Waals surface area contributed by atoms with E-state index >= 15 is 0 Å². The number of nitrogens with one attached hydrogen (secondary N) is 2. The lowest BCUT2D eigenvalue weighted by Gasteiger charge is -2.34. The SMILES string of the molecule is Cc1ccc(NC(=O)N2CCN(C(=O)c3ccc[nH]3)CC2)cc1Cl. The summed E-state index contributed by atoms with van der Waals surface area (Å²) in [6.07, 6.45) is 1.73. The van der Waals surface area contributed by atoms with Gasteiger partial charge in [0.05, 0.1) is 0 Å². The van der Waals surface area contributed by atoms with Crippen LogP contribution in [0.3, 0.4) is 0 Å². The van der Waals surface area contributed by atoms with Gasteiger partial charge < -0.3 is 20.1 Å². The molecule has 2 N–H and O–H groups in total. The van der Waals surface area contributed by atoms with Crippen LogP contribution in [-0.4, -0.2) is 52.9 Å². The summed E-state index contributed by atoms with van der Waals surface area (Å²) in [5, 5.41) is 3.46. The summed E-state index contributed by atoms with van der Waals surface area (Å²) in [4.78, 5) is 31.0. The van der Waals surface area contributed by atoms with Crippen molar-refractivity contribution in [3.05, 3.63) is 52.8 Å². The topological polar surface area (TPSA) is 68.4 Å². The zero-order valence-electron chi connectivity index (χ0n) is 13.4. The molecule has 1 fully saturated rings. The van der Waals surface area contributed by atoms with Gasteiger partial charge in [-0.15, -0.1) is 0 Å². The number of aryl methyl sites for hydroxylation is 1. The zero-order chi connectivity index (χ0) is 17.1. The molecule has 1 saturated heterocycles. The van der Waals surface area contributed by atoms with E-state index in [-0.39, 0.29) is 11.9 Å². The number of nitrogens with zero attached hydrogens (tertiary/aromatic N) is 2. The highest BCUT2D eigenvalue weighted by atomic mass is 35.5. The number of urea groups is 1. The average molecular weight is 347 g/mol. The van der Waals surface area contributed by atoms with Crippen molar-refractivity contribution in [3.8, 4) is 0 Å². The highest BCUT2D eigenvalue weighted by Crippen LogP contribution is 2.20. The molecule has 0 bridgehead atoms. The first-order chi connectivity index (χ1) is 11.5. The van der Waals surface area contributed by atoms with Crippen molar-refractivity contribution in [2.24, 2.45) is 0 Å². The quantitative estimate of drug-likeness (QED) is 0.877. The fraction of sp³-hybridized carbons (Fsp3) is 0.294. The number of amides is 3. The molecule has 0 unspecified atom stereocenters. The van der Waals surface area contributed by atoms with E-state index in [2.05, 4.69) is 10.3 Å². The molecule has 3 rings (SSSR count).